The van der Waals surface area contributed by atoms with Gasteiger partial charge in [0.25, 0.3) is 5.56 Å². The van der Waals surface area contributed by atoms with Gasteiger partial charge in [-0.25, -0.2) is 4.98 Å². The number of hydrogen-bond acceptors (Lipinski definition) is 4. The second kappa shape index (κ2) is 5.85. The highest BCUT2D eigenvalue weighted by molar-refractivity contribution is 5.75. The zero-order chi connectivity index (χ0) is 13.7. The average molecular weight is 261 g/mol. The first-order valence-corrected chi connectivity index (χ1v) is 5.86. The number of H-pyrrole nitrogens is 1. The van der Waals surface area contributed by atoms with Gasteiger partial charge < -0.3 is 20.6 Å². The van der Waals surface area contributed by atoms with Gasteiger partial charge in [-0.15, -0.1) is 0 Å². The van der Waals surface area contributed by atoms with Gasteiger partial charge in [-0.3, -0.25) is 9.59 Å². The van der Waals surface area contributed by atoms with Gasteiger partial charge >= 0.3 is 0 Å². The summed E-state index contributed by atoms with van der Waals surface area (Å²) in [6.07, 6.45) is 5.45. The maximum absolute atomic E-state index is 11.7. The topological polar surface area (TPSA) is 106 Å². The van der Waals surface area contributed by atoms with Crippen molar-refractivity contribution in [2.45, 2.75) is 13.0 Å². The van der Waals surface area contributed by atoms with Crippen molar-refractivity contribution in [1.82, 2.24) is 19.9 Å². The van der Waals surface area contributed by atoms with Crippen LogP contribution >= 0.6 is 0 Å². The largest absolute Gasteiger partial charge is 0.398 e. The van der Waals surface area contributed by atoms with Crippen molar-refractivity contribution < 1.29 is 4.79 Å². The number of anilines is 1. The van der Waals surface area contributed by atoms with Gasteiger partial charge in [0.2, 0.25) is 5.91 Å². The number of aromatic amines is 1. The molecular weight excluding hydrogens is 246 g/mol. The maximum Gasteiger partial charge on any atom is 0.251 e. The fraction of sp³-hybridized carbons (Fsp3) is 0.250. The number of rotatable bonds is 5. The molecule has 1 amide bonds. The molecule has 0 atom stereocenters. The van der Waals surface area contributed by atoms with E-state index in [2.05, 4.69) is 15.3 Å². The van der Waals surface area contributed by atoms with Crippen LogP contribution in [0, 0.1) is 0 Å². The number of nitrogen functional groups attached to an aromatic ring is 1. The third kappa shape index (κ3) is 3.70. The lowest BCUT2D eigenvalue weighted by Crippen LogP contribution is -2.33. The highest BCUT2D eigenvalue weighted by Gasteiger charge is 2.04. The molecule has 7 heteroatoms. The maximum atomic E-state index is 11.7. The molecule has 2 rings (SSSR count). The van der Waals surface area contributed by atoms with Crippen LogP contribution in [-0.4, -0.2) is 27.0 Å². The Kier molecular flexibility index (Phi) is 3.97. The summed E-state index contributed by atoms with van der Waals surface area (Å²) >= 11 is 0. The molecule has 0 aliphatic carbocycles. The number of nitrogens with one attached hydrogen (secondary N) is 2. The minimum atomic E-state index is -0.254. The smallest absolute Gasteiger partial charge is 0.251 e. The molecule has 0 spiro atoms. The Morgan fingerprint density at radius 3 is 3.05 bits per heavy atom. The average Bonchev–Trinajstić information content (AvgIpc) is 2.87. The monoisotopic (exact) mass is 261 g/mol. The molecule has 4 N–H and O–H groups in total. The molecule has 0 bridgehead atoms. The number of carbonyl (C=O) groups is 1. The number of amides is 1. The van der Waals surface area contributed by atoms with Gasteiger partial charge in [0.15, 0.2) is 0 Å². The molecule has 2 aromatic heterocycles. The van der Waals surface area contributed by atoms with E-state index in [0.29, 0.717) is 18.7 Å². The Balaban J connectivity index is 1.84. The quantitative estimate of drug-likeness (QED) is 0.675. The van der Waals surface area contributed by atoms with Gasteiger partial charge in [-0.1, -0.05) is 0 Å². The first-order valence-electron chi connectivity index (χ1n) is 5.86. The third-order valence-corrected chi connectivity index (χ3v) is 2.56. The van der Waals surface area contributed by atoms with Crippen LogP contribution < -0.4 is 16.6 Å². The molecule has 0 aromatic carbocycles. The fourth-order valence-electron chi connectivity index (χ4n) is 1.64. The highest BCUT2D eigenvalue weighted by atomic mass is 16.2. The van der Waals surface area contributed by atoms with Crippen LogP contribution in [0.3, 0.4) is 0 Å². The molecule has 0 saturated heterocycles. The van der Waals surface area contributed by atoms with Crippen LogP contribution in [0.25, 0.3) is 0 Å². The lowest BCUT2D eigenvalue weighted by molar-refractivity contribution is -0.121. The molecule has 0 unspecified atom stereocenters. The van der Waals surface area contributed by atoms with Crippen LogP contribution in [0.15, 0.2) is 35.5 Å². The van der Waals surface area contributed by atoms with E-state index in [0.717, 1.165) is 5.82 Å². The summed E-state index contributed by atoms with van der Waals surface area (Å²) in [5.41, 5.74) is 5.76. The van der Waals surface area contributed by atoms with E-state index in [9.17, 15) is 9.59 Å². The van der Waals surface area contributed by atoms with Crippen molar-refractivity contribution in [3.8, 4) is 0 Å². The number of pyridine rings is 1. The normalized spacial score (nSPS) is 10.3. The van der Waals surface area contributed by atoms with Crippen LogP contribution in [-0.2, 0) is 17.8 Å². The Bertz CT molecular complexity index is 603. The van der Waals surface area contributed by atoms with E-state index >= 15 is 0 Å². The van der Waals surface area contributed by atoms with Gasteiger partial charge in [0, 0.05) is 43.3 Å². The lowest BCUT2D eigenvalue weighted by Gasteiger charge is -2.07. The zero-order valence-corrected chi connectivity index (χ0v) is 10.3. The SMILES string of the molecule is Nc1ccc(=O)n(CC(=O)NCCc2ncc[nH]2)c1. The van der Waals surface area contributed by atoms with Crippen molar-refractivity contribution in [2.24, 2.45) is 0 Å². The lowest BCUT2D eigenvalue weighted by atomic mass is 10.4. The van der Waals surface area contributed by atoms with E-state index in [1.807, 2.05) is 0 Å². The van der Waals surface area contributed by atoms with Crippen LogP contribution in [0.1, 0.15) is 5.82 Å². The van der Waals surface area contributed by atoms with Crippen LogP contribution in [0.2, 0.25) is 0 Å². The highest BCUT2D eigenvalue weighted by Crippen LogP contribution is 1.95. The number of imidazole rings is 1. The van der Waals surface area contributed by atoms with E-state index in [-0.39, 0.29) is 18.0 Å². The summed E-state index contributed by atoms with van der Waals surface area (Å²) in [5, 5.41) is 2.72. The molecular formula is C12H15N5O2. The van der Waals surface area contributed by atoms with E-state index in [4.69, 9.17) is 5.73 Å². The Morgan fingerprint density at radius 2 is 2.32 bits per heavy atom. The summed E-state index contributed by atoms with van der Waals surface area (Å²) in [4.78, 5) is 30.1. The van der Waals surface area contributed by atoms with Crippen molar-refractivity contribution in [2.75, 3.05) is 12.3 Å². The summed E-state index contributed by atoms with van der Waals surface area (Å²) in [5.74, 6) is 0.570. The number of carbonyl (C=O) groups excluding carboxylic acids is 1. The van der Waals surface area contributed by atoms with E-state index in [1.165, 1.54) is 22.9 Å². The molecule has 0 aliphatic rings. The summed E-state index contributed by atoms with van der Waals surface area (Å²) in [7, 11) is 0. The summed E-state index contributed by atoms with van der Waals surface area (Å²) < 4.78 is 1.28. The first-order chi connectivity index (χ1) is 9.15. The van der Waals surface area contributed by atoms with Gasteiger partial charge in [0.05, 0.1) is 0 Å². The molecule has 2 heterocycles. The van der Waals surface area contributed by atoms with Crippen LogP contribution in [0.5, 0.6) is 0 Å². The number of aromatic nitrogens is 3. The van der Waals surface area contributed by atoms with Gasteiger partial charge in [-0.05, 0) is 6.07 Å². The Labute approximate surface area is 109 Å². The Morgan fingerprint density at radius 1 is 1.47 bits per heavy atom. The molecule has 7 nitrogen and oxygen atoms in total. The molecule has 19 heavy (non-hydrogen) atoms. The molecule has 100 valence electrons. The van der Waals surface area contributed by atoms with Crippen molar-refractivity contribution in [3.05, 3.63) is 46.9 Å². The second-order valence-electron chi connectivity index (χ2n) is 4.06. The Hall–Kier alpha value is -2.57. The number of hydrogen-bond donors (Lipinski definition) is 3. The third-order valence-electron chi connectivity index (χ3n) is 2.56. The molecule has 0 aliphatic heterocycles. The zero-order valence-electron chi connectivity index (χ0n) is 10.3. The molecule has 2 aromatic rings. The summed E-state index contributed by atoms with van der Waals surface area (Å²) in [6.45, 7) is 0.422. The first kappa shape index (κ1) is 12.9. The molecule has 0 saturated carbocycles. The fourth-order valence-corrected chi connectivity index (χ4v) is 1.64. The van der Waals surface area contributed by atoms with Crippen molar-refractivity contribution >= 4 is 11.6 Å². The van der Waals surface area contributed by atoms with Crippen molar-refractivity contribution in [3.63, 3.8) is 0 Å². The minimum absolute atomic E-state index is 0.0397. The standard InChI is InChI=1S/C12H15N5O2/c13-9-1-2-12(19)17(7-9)8-11(18)16-4-3-10-14-5-6-15-10/h1-2,5-7H,3-4,8,13H2,(H,14,15)(H,16,18). The predicted molar refractivity (Wildman–Crippen MR) is 70.4 cm³/mol. The number of nitrogens with zero attached hydrogens (tertiary/aromatic N) is 2. The second-order valence-corrected chi connectivity index (χ2v) is 4.06. The van der Waals surface area contributed by atoms with Crippen molar-refractivity contribution in [1.29, 1.82) is 0 Å². The predicted octanol–water partition coefficient (Wildman–Crippen LogP) is -0.488. The van der Waals surface area contributed by atoms with E-state index in [1.54, 1.807) is 12.4 Å². The van der Waals surface area contributed by atoms with Crippen LogP contribution in [0.4, 0.5) is 5.69 Å². The molecule has 0 radical (unpaired) electrons. The summed E-state index contributed by atoms with van der Waals surface area (Å²) in [6, 6.07) is 2.85. The van der Waals surface area contributed by atoms with Gasteiger partial charge in [0.1, 0.15) is 12.4 Å². The number of nitrogens with two attached hydrogens (primary N) is 1. The molecule has 0 fully saturated rings. The van der Waals surface area contributed by atoms with E-state index < -0.39 is 0 Å². The van der Waals surface area contributed by atoms with Gasteiger partial charge in [-0.2, -0.15) is 0 Å². The minimum Gasteiger partial charge on any atom is -0.398 e.